The quantitative estimate of drug-likeness (QED) is 0.353. The number of nitrogens with one attached hydrogen (secondary N) is 1. The van der Waals surface area contributed by atoms with Crippen LogP contribution in [0.2, 0.25) is 0 Å². The fraction of sp³-hybridized carbons (Fsp3) is 0.154. The third kappa shape index (κ3) is 5.25. The average molecular weight is 536 g/mol. The van der Waals surface area contributed by atoms with Crippen LogP contribution in [0.5, 0.6) is 11.5 Å². The van der Waals surface area contributed by atoms with Gasteiger partial charge >= 0.3 is 0 Å². The number of carbonyl (C=O) groups is 2. The largest absolute Gasteiger partial charge is 0.497 e. The summed E-state index contributed by atoms with van der Waals surface area (Å²) in [6.07, 6.45) is 1.40. The molecule has 8 nitrogen and oxygen atoms in total. The topological polar surface area (TPSA) is 99.5 Å². The summed E-state index contributed by atoms with van der Waals surface area (Å²) in [4.78, 5) is 43.8. The first-order valence-corrected chi connectivity index (χ1v) is 11.4. The van der Waals surface area contributed by atoms with Gasteiger partial charge in [-0.05, 0) is 43.3 Å². The van der Waals surface area contributed by atoms with Crippen molar-refractivity contribution in [2.45, 2.75) is 13.5 Å². The molecular formula is C26H22BrN3O5. The normalized spacial score (nSPS) is 10.7. The van der Waals surface area contributed by atoms with Gasteiger partial charge in [0.2, 0.25) is 11.3 Å². The Bertz CT molecular complexity index is 1470. The molecule has 1 amide bonds. The summed E-state index contributed by atoms with van der Waals surface area (Å²) in [5.41, 5.74) is 1.36. The number of amides is 1. The third-order valence-corrected chi connectivity index (χ3v) is 5.89. The van der Waals surface area contributed by atoms with Gasteiger partial charge in [-0.2, -0.15) is 0 Å². The predicted octanol–water partition coefficient (Wildman–Crippen LogP) is 4.35. The highest BCUT2D eigenvalue weighted by Gasteiger charge is 2.19. The average Bonchev–Trinajstić information content (AvgIpc) is 2.85. The molecule has 0 radical (unpaired) electrons. The zero-order valence-electron chi connectivity index (χ0n) is 19.3. The number of nitrogens with zero attached hydrogens (tertiary/aromatic N) is 2. The van der Waals surface area contributed by atoms with Gasteiger partial charge in [0.1, 0.15) is 23.7 Å². The summed E-state index contributed by atoms with van der Waals surface area (Å²) < 4.78 is 12.8. The molecule has 0 aliphatic rings. The van der Waals surface area contributed by atoms with E-state index in [1.165, 1.54) is 25.0 Å². The van der Waals surface area contributed by atoms with Crippen molar-refractivity contribution in [2.24, 2.45) is 0 Å². The van der Waals surface area contributed by atoms with Crippen molar-refractivity contribution >= 4 is 44.3 Å². The summed E-state index contributed by atoms with van der Waals surface area (Å²) >= 11 is 3.34. The standard InChI is InChI=1S/C26H22BrN3O5/c1-15-4-9-21-25(33)22(24(32)16-5-7-17(27)8-6-16)13-30(26(21)28-15)14-23(31)29-18-10-19(34-2)12-20(11-18)35-3/h4-13H,14H2,1-3H3,(H,29,31). The van der Waals surface area contributed by atoms with Gasteiger partial charge in [-0.3, -0.25) is 14.4 Å². The van der Waals surface area contributed by atoms with E-state index in [9.17, 15) is 14.4 Å². The number of anilines is 1. The maximum absolute atomic E-state index is 13.2. The molecular weight excluding hydrogens is 514 g/mol. The highest BCUT2D eigenvalue weighted by atomic mass is 79.9. The lowest BCUT2D eigenvalue weighted by atomic mass is 10.0. The van der Waals surface area contributed by atoms with Crippen LogP contribution in [0.3, 0.4) is 0 Å². The second-order valence-electron chi connectivity index (χ2n) is 7.81. The number of ether oxygens (including phenoxy) is 2. The number of ketones is 1. The number of hydrogen-bond acceptors (Lipinski definition) is 6. The van der Waals surface area contributed by atoms with E-state index in [0.717, 1.165) is 4.47 Å². The maximum Gasteiger partial charge on any atom is 0.244 e. The zero-order valence-corrected chi connectivity index (χ0v) is 20.9. The Morgan fingerprint density at radius 1 is 1.00 bits per heavy atom. The minimum absolute atomic E-state index is 0.0404. The molecule has 0 saturated carbocycles. The molecule has 2 heterocycles. The highest BCUT2D eigenvalue weighted by molar-refractivity contribution is 9.10. The van der Waals surface area contributed by atoms with Crippen LogP contribution in [0.4, 0.5) is 5.69 Å². The van der Waals surface area contributed by atoms with E-state index >= 15 is 0 Å². The minimum atomic E-state index is -0.436. The molecule has 178 valence electrons. The molecule has 1 N–H and O–H groups in total. The molecule has 0 fully saturated rings. The van der Waals surface area contributed by atoms with E-state index in [0.29, 0.717) is 34.1 Å². The van der Waals surface area contributed by atoms with E-state index in [4.69, 9.17) is 9.47 Å². The van der Waals surface area contributed by atoms with Crippen LogP contribution in [0.25, 0.3) is 11.0 Å². The van der Waals surface area contributed by atoms with E-state index in [1.807, 2.05) is 0 Å². The highest BCUT2D eigenvalue weighted by Crippen LogP contribution is 2.26. The third-order valence-electron chi connectivity index (χ3n) is 5.36. The molecule has 4 aromatic rings. The number of aryl methyl sites for hydroxylation is 1. The number of benzene rings is 2. The van der Waals surface area contributed by atoms with Crippen molar-refractivity contribution in [3.63, 3.8) is 0 Å². The van der Waals surface area contributed by atoms with E-state index in [-0.39, 0.29) is 23.4 Å². The molecule has 0 bridgehead atoms. The molecule has 0 atom stereocenters. The maximum atomic E-state index is 13.2. The van der Waals surface area contributed by atoms with Gasteiger partial charge in [-0.25, -0.2) is 4.98 Å². The van der Waals surface area contributed by atoms with Crippen LogP contribution < -0.4 is 20.2 Å². The monoisotopic (exact) mass is 535 g/mol. The Kier molecular flexibility index (Phi) is 6.97. The van der Waals surface area contributed by atoms with Crippen molar-refractivity contribution < 1.29 is 19.1 Å². The van der Waals surface area contributed by atoms with Crippen LogP contribution in [-0.4, -0.2) is 35.5 Å². The zero-order chi connectivity index (χ0) is 25.1. The summed E-state index contributed by atoms with van der Waals surface area (Å²) in [5.74, 6) is 0.230. The molecule has 2 aromatic heterocycles. The first kappa shape index (κ1) is 24.2. The number of aromatic nitrogens is 2. The van der Waals surface area contributed by atoms with Crippen molar-refractivity contribution in [2.75, 3.05) is 19.5 Å². The Morgan fingerprint density at radius 2 is 1.66 bits per heavy atom. The van der Waals surface area contributed by atoms with Gasteiger partial charge < -0.3 is 19.4 Å². The van der Waals surface area contributed by atoms with Crippen LogP contribution >= 0.6 is 15.9 Å². The number of halogens is 1. The Labute approximate surface area is 209 Å². The minimum Gasteiger partial charge on any atom is -0.497 e. The van der Waals surface area contributed by atoms with E-state index < -0.39 is 11.2 Å². The van der Waals surface area contributed by atoms with Crippen LogP contribution in [0.15, 0.2) is 70.1 Å². The summed E-state index contributed by atoms with van der Waals surface area (Å²) in [6.45, 7) is 1.62. The molecule has 0 aliphatic carbocycles. The first-order valence-electron chi connectivity index (χ1n) is 10.6. The number of fused-ring (bicyclic) bond motifs is 1. The molecule has 0 spiro atoms. The van der Waals surface area contributed by atoms with Gasteiger partial charge in [0.25, 0.3) is 0 Å². The smallest absolute Gasteiger partial charge is 0.244 e. The number of carbonyl (C=O) groups excluding carboxylic acids is 2. The number of methoxy groups -OCH3 is 2. The van der Waals surface area contributed by atoms with Crippen molar-refractivity contribution in [1.82, 2.24) is 9.55 Å². The Morgan fingerprint density at radius 3 is 2.29 bits per heavy atom. The van der Waals surface area contributed by atoms with Crippen LogP contribution in [0, 0.1) is 6.92 Å². The summed E-state index contributed by atoms with van der Waals surface area (Å²) in [7, 11) is 3.04. The second kappa shape index (κ2) is 10.1. The van der Waals surface area contributed by atoms with E-state index in [1.54, 1.807) is 61.5 Å². The Hall–Kier alpha value is -3.98. The van der Waals surface area contributed by atoms with Gasteiger partial charge in [-0.15, -0.1) is 0 Å². The number of pyridine rings is 2. The lowest BCUT2D eigenvalue weighted by molar-refractivity contribution is -0.116. The molecule has 0 aliphatic heterocycles. The van der Waals surface area contributed by atoms with Crippen LogP contribution in [0.1, 0.15) is 21.6 Å². The fourth-order valence-corrected chi connectivity index (χ4v) is 3.90. The molecule has 0 unspecified atom stereocenters. The summed E-state index contributed by atoms with van der Waals surface area (Å²) in [5, 5.41) is 3.06. The number of hydrogen-bond donors (Lipinski definition) is 1. The van der Waals surface area contributed by atoms with Crippen LogP contribution in [-0.2, 0) is 11.3 Å². The molecule has 2 aromatic carbocycles. The second-order valence-corrected chi connectivity index (χ2v) is 8.72. The molecule has 4 rings (SSSR count). The van der Waals surface area contributed by atoms with Gasteiger partial charge in [-0.1, -0.05) is 15.9 Å². The SMILES string of the molecule is COc1cc(NC(=O)Cn2cc(C(=O)c3ccc(Br)cc3)c(=O)c3ccc(C)nc32)cc(OC)c1. The van der Waals surface area contributed by atoms with E-state index in [2.05, 4.69) is 26.2 Å². The van der Waals surface area contributed by atoms with Gasteiger partial charge in [0.05, 0.1) is 25.2 Å². The molecule has 0 saturated heterocycles. The molecule has 35 heavy (non-hydrogen) atoms. The first-order chi connectivity index (χ1) is 16.8. The Balaban J connectivity index is 1.73. The number of rotatable bonds is 7. The summed E-state index contributed by atoms with van der Waals surface area (Å²) in [6, 6.07) is 15.1. The molecule has 9 heteroatoms. The van der Waals surface area contributed by atoms with Crippen molar-refractivity contribution in [1.29, 1.82) is 0 Å². The lowest BCUT2D eigenvalue weighted by Crippen LogP contribution is -2.25. The fourth-order valence-electron chi connectivity index (χ4n) is 3.63. The van der Waals surface area contributed by atoms with Gasteiger partial charge in [0, 0.05) is 45.8 Å². The predicted molar refractivity (Wildman–Crippen MR) is 136 cm³/mol. The van der Waals surface area contributed by atoms with Crippen molar-refractivity contribution in [3.8, 4) is 11.5 Å². The van der Waals surface area contributed by atoms with Crippen molar-refractivity contribution in [3.05, 3.63) is 92.3 Å². The van der Waals surface area contributed by atoms with Gasteiger partial charge in [0.15, 0.2) is 5.78 Å². The lowest BCUT2D eigenvalue weighted by Gasteiger charge is -2.14.